The molecule has 26 heavy (non-hydrogen) atoms. The highest BCUT2D eigenvalue weighted by atomic mass is 32.2. The Morgan fingerprint density at radius 3 is 2.27 bits per heavy atom. The van der Waals surface area contributed by atoms with E-state index in [-0.39, 0.29) is 17.6 Å². The molecule has 8 nitrogen and oxygen atoms in total. The van der Waals surface area contributed by atoms with Crippen molar-refractivity contribution in [3.8, 4) is 0 Å². The molecule has 1 heterocycles. The lowest BCUT2D eigenvalue weighted by Gasteiger charge is -2.36. The highest BCUT2D eigenvalue weighted by molar-refractivity contribution is 7.88. The average molecular weight is 383 g/mol. The van der Waals surface area contributed by atoms with Crippen molar-refractivity contribution >= 4 is 22.0 Å². The van der Waals surface area contributed by atoms with Crippen LogP contribution in [-0.2, 0) is 16.6 Å². The lowest BCUT2D eigenvalue weighted by molar-refractivity contribution is 0.0696. The van der Waals surface area contributed by atoms with E-state index in [4.69, 9.17) is 5.11 Å². The Kier molecular flexibility index (Phi) is 6.60. The van der Waals surface area contributed by atoms with E-state index in [0.717, 1.165) is 5.56 Å². The summed E-state index contributed by atoms with van der Waals surface area (Å²) in [6, 6.07) is 6.07. The number of piperidine rings is 1. The van der Waals surface area contributed by atoms with Crippen LogP contribution < -0.4 is 5.32 Å². The van der Waals surface area contributed by atoms with E-state index in [0.29, 0.717) is 39.0 Å². The third-order valence-corrected chi connectivity index (χ3v) is 5.95. The van der Waals surface area contributed by atoms with Crippen LogP contribution in [0.25, 0.3) is 0 Å². The number of sulfonamides is 1. The van der Waals surface area contributed by atoms with E-state index < -0.39 is 16.0 Å². The van der Waals surface area contributed by atoms with Gasteiger partial charge < -0.3 is 15.3 Å². The molecule has 2 rings (SSSR count). The van der Waals surface area contributed by atoms with Gasteiger partial charge in [0.15, 0.2) is 0 Å². The standard InChI is InChI=1S/C17H25N3O5S/c1-3-20(26(2,24)25)15-8-10-19(11-9-15)17(23)18-12-13-4-6-14(7-5-13)16(21)22/h4-7,15H,3,8-12H2,1-2H3,(H,18,23)(H,21,22). The highest BCUT2D eigenvalue weighted by Gasteiger charge is 2.30. The number of benzene rings is 1. The van der Waals surface area contributed by atoms with Crippen LogP contribution in [0.4, 0.5) is 4.79 Å². The minimum atomic E-state index is -3.24. The molecule has 0 aliphatic carbocycles. The van der Waals surface area contributed by atoms with Crippen molar-refractivity contribution in [2.45, 2.75) is 32.4 Å². The minimum absolute atomic E-state index is 0.0670. The molecule has 1 aromatic carbocycles. The van der Waals surface area contributed by atoms with Crippen LogP contribution in [-0.4, -0.2) is 66.7 Å². The van der Waals surface area contributed by atoms with Crippen molar-refractivity contribution in [1.82, 2.24) is 14.5 Å². The first-order valence-corrected chi connectivity index (χ1v) is 10.4. The fourth-order valence-corrected chi connectivity index (χ4v) is 4.40. The van der Waals surface area contributed by atoms with E-state index >= 15 is 0 Å². The average Bonchev–Trinajstić information content (AvgIpc) is 2.60. The van der Waals surface area contributed by atoms with Crippen LogP contribution in [0.15, 0.2) is 24.3 Å². The zero-order chi connectivity index (χ0) is 19.3. The van der Waals surface area contributed by atoms with Gasteiger partial charge in [-0.15, -0.1) is 0 Å². The number of hydrogen-bond donors (Lipinski definition) is 2. The molecule has 0 spiro atoms. The summed E-state index contributed by atoms with van der Waals surface area (Å²) in [7, 11) is -3.24. The Morgan fingerprint density at radius 2 is 1.81 bits per heavy atom. The van der Waals surface area contributed by atoms with Gasteiger partial charge in [0.2, 0.25) is 10.0 Å². The second kappa shape index (κ2) is 8.50. The number of hydrogen-bond acceptors (Lipinski definition) is 4. The van der Waals surface area contributed by atoms with Gasteiger partial charge in [0.05, 0.1) is 11.8 Å². The number of nitrogens with zero attached hydrogens (tertiary/aromatic N) is 2. The van der Waals surface area contributed by atoms with Gasteiger partial charge in [-0.25, -0.2) is 18.0 Å². The lowest BCUT2D eigenvalue weighted by atomic mass is 10.1. The summed E-state index contributed by atoms with van der Waals surface area (Å²) in [5.41, 5.74) is 1.01. The molecule has 0 saturated carbocycles. The molecule has 0 aromatic heterocycles. The first-order chi connectivity index (χ1) is 12.2. The van der Waals surface area contributed by atoms with Gasteiger partial charge >= 0.3 is 12.0 Å². The third kappa shape index (κ3) is 5.18. The number of carbonyl (C=O) groups excluding carboxylic acids is 1. The Bertz CT molecular complexity index is 740. The molecular formula is C17H25N3O5S. The maximum atomic E-state index is 12.3. The number of aromatic carboxylic acids is 1. The van der Waals surface area contributed by atoms with Gasteiger partial charge in [0.1, 0.15) is 0 Å². The fraction of sp³-hybridized carbons (Fsp3) is 0.529. The Labute approximate surface area is 153 Å². The van der Waals surface area contributed by atoms with Gasteiger partial charge in [-0.1, -0.05) is 19.1 Å². The van der Waals surface area contributed by atoms with Crippen molar-refractivity contribution in [2.24, 2.45) is 0 Å². The smallest absolute Gasteiger partial charge is 0.335 e. The number of carboxylic acid groups (broad SMARTS) is 1. The normalized spacial score (nSPS) is 15.9. The maximum Gasteiger partial charge on any atom is 0.335 e. The van der Waals surface area contributed by atoms with Crippen molar-refractivity contribution in [1.29, 1.82) is 0 Å². The van der Waals surface area contributed by atoms with E-state index in [1.165, 1.54) is 22.7 Å². The summed E-state index contributed by atoms with van der Waals surface area (Å²) in [5, 5.41) is 11.7. The molecule has 0 bridgehead atoms. The maximum absolute atomic E-state index is 12.3. The van der Waals surface area contributed by atoms with Crippen molar-refractivity contribution in [3.63, 3.8) is 0 Å². The van der Waals surface area contributed by atoms with Gasteiger partial charge in [-0.05, 0) is 30.5 Å². The summed E-state index contributed by atoms with van der Waals surface area (Å²) >= 11 is 0. The number of amides is 2. The molecule has 1 fully saturated rings. The summed E-state index contributed by atoms with van der Waals surface area (Å²) in [6.07, 6.45) is 2.44. The van der Waals surface area contributed by atoms with Crippen molar-refractivity contribution in [2.75, 3.05) is 25.9 Å². The van der Waals surface area contributed by atoms with Crippen molar-refractivity contribution < 1.29 is 23.1 Å². The summed E-state index contributed by atoms with van der Waals surface area (Å²) in [6.45, 7) is 3.56. The predicted molar refractivity (Wildman–Crippen MR) is 97.5 cm³/mol. The van der Waals surface area contributed by atoms with Gasteiger partial charge in [0.25, 0.3) is 0 Å². The molecule has 9 heteroatoms. The number of nitrogens with one attached hydrogen (secondary N) is 1. The zero-order valence-corrected chi connectivity index (χ0v) is 15.8. The largest absolute Gasteiger partial charge is 0.478 e. The summed E-state index contributed by atoms with van der Waals surface area (Å²) in [4.78, 5) is 24.8. The SMILES string of the molecule is CCN(C1CCN(C(=O)NCc2ccc(C(=O)O)cc2)CC1)S(C)(=O)=O. The number of carbonyl (C=O) groups is 2. The molecule has 1 saturated heterocycles. The number of carboxylic acids is 1. The Balaban J connectivity index is 1.83. The molecule has 1 aromatic rings. The van der Waals surface area contributed by atoms with Crippen LogP contribution in [0.5, 0.6) is 0 Å². The topological polar surface area (TPSA) is 107 Å². The minimum Gasteiger partial charge on any atom is -0.478 e. The molecule has 2 N–H and O–H groups in total. The Morgan fingerprint density at radius 1 is 1.23 bits per heavy atom. The molecule has 1 aliphatic heterocycles. The predicted octanol–water partition coefficient (Wildman–Crippen LogP) is 1.34. The number of rotatable bonds is 6. The third-order valence-electron chi connectivity index (χ3n) is 4.54. The quantitative estimate of drug-likeness (QED) is 0.771. The summed E-state index contributed by atoms with van der Waals surface area (Å²) in [5.74, 6) is -0.987. The Hall–Kier alpha value is -2.13. The molecule has 2 amide bonds. The molecule has 144 valence electrons. The summed E-state index contributed by atoms with van der Waals surface area (Å²) < 4.78 is 25.1. The number of urea groups is 1. The second-order valence-electron chi connectivity index (χ2n) is 6.35. The number of likely N-dealkylation sites (tertiary alicyclic amines) is 1. The monoisotopic (exact) mass is 383 g/mol. The first kappa shape index (κ1) is 20.2. The lowest BCUT2D eigenvalue weighted by Crippen LogP contribution is -2.50. The van der Waals surface area contributed by atoms with Crippen LogP contribution in [0.3, 0.4) is 0 Å². The highest BCUT2D eigenvalue weighted by Crippen LogP contribution is 2.19. The van der Waals surface area contributed by atoms with Crippen LogP contribution in [0, 0.1) is 0 Å². The first-order valence-electron chi connectivity index (χ1n) is 8.54. The van der Waals surface area contributed by atoms with E-state index in [2.05, 4.69) is 5.32 Å². The van der Waals surface area contributed by atoms with E-state index in [1.54, 1.807) is 17.0 Å². The van der Waals surface area contributed by atoms with Crippen LogP contribution in [0.1, 0.15) is 35.7 Å². The molecule has 0 radical (unpaired) electrons. The second-order valence-corrected chi connectivity index (χ2v) is 8.28. The van der Waals surface area contributed by atoms with Gasteiger partial charge in [-0.2, -0.15) is 4.31 Å². The van der Waals surface area contributed by atoms with E-state index in [1.807, 2.05) is 6.92 Å². The van der Waals surface area contributed by atoms with Crippen molar-refractivity contribution in [3.05, 3.63) is 35.4 Å². The molecule has 1 aliphatic rings. The van der Waals surface area contributed by atoms with Crippen LogP contribution >= 0.6 is 0 Å². The molecular weight excluding hydrogens is 358 g/mol. The van der Waals surface area contributed by atoms with Gasteiger partial charge in [-0.3, -0.25) is 0 Å². The fourth-order valence-electron chi connectivity index (χ4n) is 3.18. The molecule has 0 unspecified atom stereocenters. The van der Waals surface area contributed by atoms with Crippen LogP contribution in [0.2, 0.25) is 0 Å². The van der Waals surface area contributed by atoms with E-state index in [9.17, 15) is 18.0 Å². The zero-order valence-electron chi connectivity index (χ0n) is 15.0. The van der Waals surface area contributed by atoms with Gasteiger partial charge in [0, 0.05) is 32.2 Å². The molecule has 0 atom stereocenters.